The Balaban J connectivity index is 2.44. The van der Waals surface area contributed by atoms with Gasteiger partial charge in [0.15, 0.2) is 5.82 Å². The van der Waals surface area contributed by atoms with E-state index in [1.807, 2.05) is 25.1 Å². The van der Waals surface area contributed by atoms with Crippen molar-refractivity contribution in [2.45, 2.75) is 13.5 Å². The highest BCUT2D eigenvalue weighted by atomic mass is 16.5. The Bertz CT molecular complexity index is 509. The van der Waals surface area contributed by atoms with Gasteiger partial charge in [0.05, 0.1) is 19.3 Å². The van der Waals surface area contributed by atoms with Gasteiger partial charge in [-0.2, -0.15) is 0 Å². The minimum atomic E-state index is -0.0503. The number of aryl methyl sites for hydroxylation is 1. The van der Waals surface area contributed by atoms with Crippen LogP contribution in [0.4, 0.5) is 0 Å². The van der Waals surface area contributed by atoms with Crippen LogP contribution in [-0.4, -0.2) is 22.2 Å². The first-order valence-corrected chi connectivity index (χ1v) is 5.31. The number of nitrogens with zero attached hydrogens (tertiary/aromatic N) is 2. The van der Waals surface area contributed by atoms with Gasteiger partial charge in [-0.25, -0.2) is 9.97 Å². The molecule has 1 N–H and O–H groups in total. The molecular weight excluding hydrogens is 216 g/mol. The van der Waals surface area contributed by atoms with E-state index in [9.17, 15) is 0 Å². The fourth-order valence-electron chi connectivity index (χ4n) is 1.56. The second kappa shape index (κ2) is 4.93. The molecule has 4 heteroatoms. The zero-order chi connectivity index (χ0) is 12.3. The molecule has 17 heavy (non-hydrogen) atoms. The van der Waals surface area contributed by atoms with Crippen molar-refractivity contribution >= 4 is 0 Å². The molecule has 0 aliphatic heterocycles. The standard InChI is InChI=1S/C13H14N2O2/c1-9-3-4-11(12(5-9)17-2)13-14-6-10(8-16)7-15-13/h3-7,16H,8H2,1-2H3. The fourth-order valence-corrected chi connectivity index (χ4v) is 1.56. The lowest BCUT2D eigenvalue weighted by Crippen LogP contribution is -1.95. The molecule has 1 aromatic carbocycles. The van der Waals surface area contributed by atoms with Crippen molar-refractivity contribution in [3.05, 3.63) is 41.7 Å². The van der Waals surface area contributed by atoms with Gasteiger partial charge in [0.1, 0.15) is 5.75 Å². The minimum absolute atomic E-state index is 0.0503. The summed E-state index contributed by atoms with van der Waals surface area (Å²) in [6.45, 7) is 1.95. The van der Waals surface area contributed by atoms with Gasteiger partial charge in [-0.1, -0.05) is 6.07 Å². The molecule has 4 nitrogen and oxygen atoms in total. The summed E-state index contributed by atoms with van der Waals surface area (Å²) in [7, 11) is 1.63. The second-order valence-corrected chi connectivity index (χ2v) is 3.78. The van der Waals surface area contributed by atoms with E-state index in [1.54, 1.807) is 19.5 Å². The summed E-state index contributed by atoms with van der Waals surface area (Å²) in [6.07, 6.45) is 3.23. The molecule has 0 saturated heterocycles. The van der Waals surface area contributed by atoms with Crippen LogP contribution in [0.1, 0.15) is 11.1 Å². The van der Waals surface area contributed by atoms with E-state index in [0.717, 1.165) is 16.9 Å². The maximum atomic E-state index is 8.93. The van der Waals surface area contributed by atoms with Crippen LogP contribution >= 0.6 is 0 Å². The number of aromatic nitrogens is 2. The minimum Gasteiger partial charge on any atom is -0.496 e. The van der Waals surface area contributed by atoms with Crippen LogP contribution in [0.5, 0.6) is 5.75 Å². The second-order valence-electron chi connectivity index (χ2n) is 3.78. The van der Waals surface area contributed by atoms with E-state index in [2.05, 4.69) is 9.97 Å². The maximum Gasteiger partial charge on any atom is 0.162 e. The number of benzene rings is 1. The normalized spacial score (nSPS) is 10.3. The van der Waals surface area contributed by atoms with Crippen molar-refractivity contribution in [2.24, 2.45) is 0 Å². The molecule has 0 spiro atoms. The molecular formula is C13H14N2O2. The number of hydrogen-bond acceptors (Lipinski definition) is 4. The maximum absolute atomic E-state index is 8.93. The van der Waals surface area contributed by atoms with Gasteiger partial charge in [0, 0.05) is 18.0 Å². The zero-order valence-corrected chi connectivity index (χ0v) is 9.84. The van der Waals surface area contributed by atoms with Crippen molar-refractivity contribution in [1.29, 1.82) is 0 Å². The predicted molar refractivity (Wildman–Crippen MR) is 64.7 cm³/mol. The fraction of sp³-hybridized carbons (Fsp3) is 0.231. The van der Waals surface area contributed by atoms with Crippen LogP contribution in [0.2, 0.25) is 0 Å². The zero-order valence-electron chi connectivity index (χ0n) is 9.84. The number of aliphatic hydroxyl groups is 1. The lowest BCUT2D eigenvalue weighted by Gasteiger charge is -2.08. The molecule has 1 heterocycles. The van der Waals surface area contributed by atoms with Crippen molar-refractivity contribution in [2.75, 3.05) is 7.11 Å². The highest BCUT2D eigenvalue weighted by molar-refractivity contribution is 5.64. The van der Waals surface area contributed by atoms with Gasteiger partial charge in [0.2, 0.25) is 0 Å². The summed E-state index contributed by atoms with van der Waals surface area (Å²) in [6, 6.07) is 5.86. The van der Waals surface area contributed by atoms with Crippen LogP contribution in [0, 0.1) is 6.92 Å². The Morgan fingerprint density at radius 2 is 1.94 bits per heavy atom. The average molecular weight is 230 g/mol. The summed E-state index contributed by atoms with van der Waals surface area (Å²) in [5.74, 6) is 1.35. The molecule has 0 amide bonds. The Morgan fingerprint density at radius 1 is 1.24 bits per heavy atom. The summed E-state index contributed by atoms with van der Waals surface area (Å²) in [5.41, 5.74) is 2.67. The smallest absolute Gasteiger partial charge is 0.162 e. The number of hydrogen-bond donors (Lipinski definition) is 1. The Hall–Kier alpha value is -1.94. The van der Waals surface area contributed by atoms with Crippen molar-refractivity contribution in [3.8, 4) is 17.1 Å². The van der Waals surface area contributed by atoms with E-state index < -0.39 is 0 Å². The summed E-state index contributed by atoms with van der Waals surface area (Å²) >= 11 is 0. The third-order valence-corrected chi connectivity index (χ3v) is 2.49. The Morgan fingerprint density at radius 3 is 2.53 bits per heavy atom. The molecule has 0 radical (unpaired) electrons. The topological polar surface area (TPSA) is 55.2 Å². The predicted octanol–water partition coefficient (Wildman–Crippen LogP) is 1.95. The Labute approximate surface area is 99.9 Å². The largest absolute Gasteiger partial charge is 0.496 e. The van der Waals surface area contributed by atoms with Crippen LogP contribution < -0.4 is 4.74 Å². The third kappa shape index (κ3) is 2.42. The van der Waals surface area contributed by atoms with Gasteiger partial charge in [-0.15, -0.1) is 0 Å². The van der Waals surface area contributed by atoms with E-state index in [4.69, 9.17) is 9.84 Å². The van der Waals surface area contributed by atoms with E-state index in [1.165, 1.54) is 0 Å². The van der Waals surface area contributed by atoms with Crippen molar-refractivity contribution in [1.82, 2.24) is 9.97 Å². The van der Waals surface area contributed by atoms with E-state index in [-0.39, 0.29) is 6.61 Å². The molecule has 1 aromatic heterocycles. The molecule has 2 aromatic rings. The van der Waals surface area contributed by atoms with Crippen LogP contribution in [0.15, 0.2) is 30.6 Å². The van der Waals surface area contributed by atoms with Crippen LogP contribution in [0.25, 0.3) is 11.4 Å². The highest BCUT2D eigenvalue weighted by Gasteiger charge is 2.08. The van der Waals surface area contributed by atoms with Gasteiger partial charge in [-0.3, -0.25) is 0 Å². The van der Waals surface area contributed by atoms with E-state index in [0.29, 0.717) is 11.4 Å². The van der Waals surface area contributed by atoms with Gasteiger partial charge < -0.3 is 9.84 Å². The van der Waals surface area contributed by atoms with E-state index >= 15 is 0 Å². The molecule has 0 bridgehead atoms. The van der Waals surface area contributed by atoms with Gasteiger partial charge in [0.25, 0.3) is 0 Å². The molecule has 0 saturated carbocycles. The lowest BCUT2D eigenvalue weighted by molar-refractivity contribution is 0.281. The average Bonchev–Trinajstić information content (AvgIpc) is 2.39. The van der Waals surface area contributed by atoms with Crippen molar-refractivity contribution < 1.29 is 9.84 Å². The number of rotatable bonds is 3. The lowest BCUT2D eigenvalue weighted by atomic mass is 10.1. The number of ether oxygens (including phenoxy) is 1. The first-order chi connectivity index (χ1) is 8.24. The SMILES string of the molecule is COc1cc(C)ccc1-c1ncc(CO)cn1. The first-order valence-electron chi connectivity index (χ1n) is 5.31. The van der Waals surface area contributed by atoms with Crippen LogP contribution in [0.3, 0.4) is 0 Å². The molecule has 0 aliphatic carbocycles. The Kier molecular flexibility index (Phi) is 3.35. The molecule has 0 aliphatic rings. The molecule has 0 atom stereocenters. The molecule has 88 valence electrons. The van der Waals surface area contributed by atoms with Gasteiger partial charge >= 0.3 is 0 Å². The number of methoxy groups -OCH3 is 1. The quantitative estimate of drug-likeness (QED) is 0.875. The third-order valence-electron chi connectivity index (χ3n) is 2.49. The number of aliphatic hydroxyl groups excluding tert-OH is 1. The van der Waals surface area contributed by atoms with Crippen molar-refractivity contribution in [3.63, 3.8) is 0 Å². The molecule has 2 rings (SSSR count). The summed E-state index contributed by atoms with van der Waals surface area (Å²) in [4.78, 5) is 8.41. The summed E-state index contributed by atoms with van der Waals surface area (Å²) < 4.78 is 5.31. The molecule has 0 fully saturated rings. The van der Waals surface area contributed by atoms with Gasteiger partial charge in [-0.05, 0) is 24.6 Å². The van der Waals surface area contributed by atoms with Crippen LogP contribution in [-0.2, 0) is 6.61 Å². The summed E-state index contributed by atoms with van der Waals surface area (Å²) in [5, 5.41) is 8.93. The molecule has 0 unspecified atom stereocenters. The first kappa shape index (κ1) is 11.5. The highest BCUT2D eigenvalue weighted by Crippen LogP contribution is 2.27. The monoisotopic (exact) mass is 230 g/mol.